The normalized spacial score (nSPS) is 10.8. The van der Waals surface area contributed by atoms with Crippen molar-refractivity contribution in [1.29, 1.82) is 0 Å². The molecular formula is C14H18ClN3. The number of hydrogen-bond donors (Lipinski definition) is 1. The van der Waals surface area contributed by atoms with E-state index in [2.05, 4.69) is 40.1 Å². The maximum atomic E-state index is 6.13. The van der Waals surface area contributed by atoms with Crippen molar-refractivity contribution >= 4 is 11.6 Å². The van der Waals surface area contributed by atoms with Crippen LogP contribution in [0.15, 0.2) is 36.8 Å². The molecule has 0 aliphatic heterocycles. The lowest BCUT2D eigenvalue weighted by atomic mass is 10.2. The van der Waals surface area contributed by atoms with Crippen molar-refractivity contribution in [3.05, 3.63) is 53.1 Å². The first-order valence-electron chi connectivity index (χ1n) is 6.24. The van der Waals surface area contributed by atoms with Gasteiger partial charge >= 0.3 is 0 Å². The van der Waals surface area contributed by atoms with Gasteiger partial charge in [0, 0.05) is 37.4 Å². The smallest absolute Gasteiger partial charge is 0.0639 e. The zero-order valence-electron chi connectivity index (χ0n) is 10.6. The molecule has 2 rings (SSSR count). The molecule has 2 heterocycles. The minimum Gasteiger partial charge on any atom is -0.346 e. The summed E-state index contributed by atoms with van der Waals surface area (Å²) in [5, 5.41) is 4.13. The van der Waals surface area contributed by atoms with Crippen molar-refractivity contribution in [1.82, 2.24) is 14.9 Å². The second-order valence-electron chi connectivity index (χ2n) is 4.27. The number of nitrogens with one attached hydrogen (secondary N) is 1. The maximum Gasteiger partial charge on any atom is 0.0639 e. The third kappa shape index (κ3) is 3.34. The first kappa shape index (κ1) is 13.1. The van der Waals surface area contributed by atoms with Crippen molar-refractivity contribution in [2.24, 2.45) is 0 Å². The zero-order chi connectivity index (χ0) is 12.8. The van der Waals surface area contributed by atoms with Crippen LogP contribution in [-0.2, 0) is 13.1 Å². The van der Waals surface area contributed by atoms with Crippen LogP contribution in [0.5, 0.6) is 0 Å². The molecular weight excluding hydrogens is 246 g/mol. The number of halogens is 1. The molecule has 0 fully saturated rings. The zero-order valence-corrected chi connectivity index (χ0v) is 11.3. The molecule has 2 aromatic heterocycles. The van der Waals surface area contributed by atoms with E-state index >= 15 is 0 Å². The highest BCUT2D eigenvalue weighted by Gasteiger charge is 2.04. The van der Waals surface area contributed by atoms with Gasteiger partial charge in [-0.05, 0) is 36.7 Å². The van der Waals surface area contributed by atoms with E-state index in [-0.39, 0.29) is 0 Å². The topological polar surface area (TPSA) is 29.9 Å². The second-order valence-corrected chi connectivity index (χ2v) is 4.68. The Labute approximate surface area is 113 Å². The molecule has 1 N–H and O–H groups in total. The highest BCUT2D eigenvalue weighted by Crippen LogP contribution is 2.16. The van der Waals surface area contributed by atoms with Gasteiger partial charge in [-0.25, -0.2) is 0 Å². The summed E-state index contributed by atoms with van der Waals surface area (Å²) in [6.45, 7) is 4.89. The molecule has 0 radical (unpaired) electrons. The fraction of sp³-hybridized carbons (Fsp3) is 0.357. The van der Waals surface area contributed by atoms with E-state index in [1.807, 2.05) is 6.07 Å². The lowest BCUT2D eigenvalue weighted by molar-refractivity contribution is 0.630. The number of rotatable bonds is 6. The number of nitrogens with zero attached hydrogens (tertiary/aromatic N) is 2. The monoisotopic (exact) mass is 263 g/mol. The maximum absolute atomic E-state index is 6.13. The molecule has 0 aliphatic rings. The summed E-state index contributed by atoms with van der Waals surface area (Å²) in [6.07, 6.45) is 6.70. The molecule has 96 valence electrons. The SMILES string of the molecule is CCCNCc1cccn1Cc1ccncc1Cl. The van der Waals surface area contributed by atoms with E-state index < -0.39 is 0 Å². The predicted octanol–water partition coefficient (Wildman–Crippen LogP) is 3.08. The molecule has 0 saturated carbocycles. The van der Waals surface area contributed by atoms with E-state index in [0.717, 1.165) is 36.6 Å². The van der Waals surface area contributed by atoms with E-state index in [9.17, 15) is 0 Å². The highest BCUT2D eigenvalue weighted by atomic mass is 35.5. The fourth-order valence-electron chi connectivity index (χ4n) is 1.87. The summed E-state index contributed by atoms with van der Waals surface area (Å²) in [5.74, 6) is 0. The summed E-state index contributed by atoms with van der Waals surface area (Å²) in [6, 6.07) is 6.17. The van der Waals surface area contributed by atoms with Crippen molar-refractivity contribution in [2.75, 3.05) is 6.54 Å². The summed E-state index contributed by atoms with van der Waals surface area (Å²) in [7, 11) is 0. The van der Waals surface area contributed by atoms with Crippen molar-refractivity contribution in [3.8, 4) is 0 Å². The first-order chi connectivity index (χ1) is 8.81. The van der Waals surface area contributed by atoms with Gasteiger partial charge in [0.05, 0.1) is 5.02 Å². The summed E-state index contributed by atoms with van der Waals surface area (Å²) in [4.78, 5) is 4.00. The largest absolute Gasteiger partial charge is 0.346 e. The molecule has 4 heteroatoms. The third-order valence-electron chi connectivity index (χ3n) is 2.85. The Kier molecular flexibility index (Phi) is 4.79. The Morgan fingerprint density at radius 2 is 2.28 bits per heavy atom. The van der Waals surface area contributed by atoms with Gasteiger partial charge in [0.1, 0.15) is 0 Å². The van der Waals surface area contributed by atoms with Crippen LogP contribution in [0.2, 0.25) is 5.02 Å². The summed E-state index contributed by atoms with van der Waals surface area (Å²) >= 11 is 6.13. The third-order valence-corrected chi connectivity index (χ3v) is 3.19. The Balaban J connectivity index is 2.05. The molecule has 0 aromatic carbocycles. The molecule has 3 nitrogen and oxygen atoms in total. The molecule has 0 saturated heterocycles. The van der Waals surface area contributed by atoms with Gasteiger partial charge in [-0.3, -0.25) is 4.98 Å². The van der Waals surface area contributed by atoms with Gasteiger partial charge in [-0.15, -0.1) is 0 Å². The minimum atomic E-state index is 0.721. The van der Waals surface area contributed by atoms with Crippen LogP contribution in [-0.4, -0.2) is 16.1 Å². The standard InChI is InChI=1S/C14H18ClN3/c1-2-6-16-9-13-4-3-8-18(13)11-12-5-7-17-10-14(12)15/h3-5,7-8,10,16H,2,6,9,11H2,1H3. The van der Waals surface area contributed by atoms with Crippen LogP contribution >= 0.6 is 11.6 Å². The van der Waals surface area contributed by atoms with Gasteiger partial charge in [0.2, 0.25) is 0 Å². The van der Waals surface area contributed by atoms with Crippen LogP contribution in [0.1, 0.15) is 24.6 Å². The first-order valence-corrected chi connectivity index (χ1v) is 6.62. The fourth-order valence-corrected chi connectivity index (χ4v) is 2.05. The van der Waals surface area contributed by atoms with E-state index in [1.54, 1.807) is 12.4 Å². The summed E-state index contributed by atoms with van der Waals surface area (Å²) < 4.78 is 2.21. The van der Waals surface area contributed by atoms with Crippen LogP contribution in [0.3, 0.4) is 0 Å². The van der Waals surface area contributed by atoms with Crippen molar-refractivity contribution < 1.29 is 0 Å². The average Bonchev–Trinajstić information content (AvgIpc) is 2.80. The van der Waals surface area contributed by atoms with Crippen LogP contribution in [0.25, 0.3) is 0 Å². The number of aromatic nitrogens is 2. The van der Waals surface area contributed by atoms with Crippen LogP contribution < -0.4 is 5.32 Å². The van der Waals surface area contributed by atoms with E-state index in [1.165, 1.54) is 5.69 Å². The molecule has 18 heavy (non-hydrogen) atoms. The van der Waals surface area contributed by atoms with Gasteiger partial charge in [0.25, 0.3) is 0 Å². The lowest BCUT2D eigenvalue weighted by Gasteiger charge is -2.11. The molecule has 0 bridgehead atoms. The molecule has 0 aliphatic carbocycles. The predicted molar refractivity (Wildman–Crippen MR) is 74.8 cm³/mol. The highest BCUT2D eigenvalue weighted by molar-refractivity contribution is 6.31. The van der Waals surface area contributed by atoms with Crippen molar-refractivity contribution in [2.45, 2.75) is 26.4 Å². The molecule has 0 amide bonds. The molecule has 0 atom stereocenters. The Morgan fingerprint density at radius 1 is 1.39 bits per heavy atom. The van der Waals surface area contributed by atoms with E-state index in [4.69, 9.17) is 11.6 Å². The van der Waals surface area contributed by atoms with E-state index in [0.29, 0.717) is 0 Å². The van der Waals surface area contributed by atoms with Gasteiger partial charge in [0.15, 0.2) is 0 Å². The Morgan fingerprint density at radius 3 is 3.06 bits per heavy atom. The lowest BCUT2D eigenvalue weighted by Crippen LogP contribution is -2.17. The molecule has 0 spiro atoms. The van der Waals surface area contributed by atoms with Crippen molar-refractivity contribution in [3.63, 3.8) is 0 Å². The van der Waals surface area contributed by atoms with Gasteiger partial charge < -0.3 is 9.88 Å². The Hall–Kier alpha value is -1.32. The quantitative estimate of drug-likeness (QED) is 0.812. The summed E-state index contributed by atoms with van der Waals surface area (Å²) in [5.41, 5.74) is 2.37. The second kappa shape index (κ2) is 6.57. The molecule has 2 aromatic rings. The Bertz CT molecular complexity index is 493. The molecule has 0 unspecified atom stereocenters. The van der Waals surface area contributed by atoms with Gasteiger partial charge in [-0.1, -0.05) is 18.5 Å². The van der Waals surface area contributed by atoms with Crippen LogP contribution in [0.4, 0.5) is 0 Å². The van der Waals surface area contributed by atoms with Gasteiger partial charge in [-0.2, -0.15) is 0 Å². The number of hydrogen-bond acceptors (Lipinski definition) is 2. The number of pyridine rings is 1. The van der Waals surface area contributed by atoms with Crippen LogP contribution in [0, 0.1) is 0 Å². The minimum absolute atomic E-state index is 0.721. The average molecular weight is 264 g/mol.